The number of hydrogen-bond acceptors (Lipinski definition) is 4. The SMILES string of the molecule is Cc1ccn2c(CNCCCn3ccnc3C)c(C(=O)N3CCCCCC3)nc2c1. The summed E-state index contributed by atoms with van der Waals surface area (Å²) in [5.41, 5.74) is 3.55. The monoisotopic (exact) mass is 408 g/mol. The molecule has 0 aromatic carbocycles. The molecule has 3 aromatic rings. The van der Waals surface area contributed by atoms with E-state index in [1.54, 1.807) is 0 Å². The summed E-state index contributed by atoms with van der Waals surface area (Å²) in [5, 5.41) is 3.52. The first-order valence-corrected chi connectivity index (χ1v) is 11.1. The van der Waals surface area contributed by atoms with Crippen LogP contribution in [0.15, 0.2) is 30.7 Å². The fraction of sp³-hybridized carbons (Fsp3) is 0.522. The molecule has 160 valence electrons. The van der Waals surface area contributed by atoms with Gasteiger partial charge in [-0.25, -0.2) is 9.97 Å². The lowest BCUT2D eigenvalue weighted by Gasteiger charge is -2.20. The molecule has 0 spiro atoms. The van der Waals surface area contributed by atoms with Crippen molar-refractivity contribution in [2.24, 2.45) is 0 Å². The van der Waals surface area contributed by atoms with E-state index < -0.39 is 0 Å². The van der Waals surface area contributed by atoms with E-state index in [9.17, 15) is 4.79 Å². The molecule has 30 heavy (non-hydrogen) atoms. The van der Waals surface area contributed by atoms with Crippen LogP contribution in [0.5, 0.6) is 0 Å². The van der Waals surface area contributed by atoms with E-state index in [0.29, 0.717) is 12.2 Å². The second-order valence-corrected chi connectivity index (χ2v) is 8.24. The Bertz CT molecular complexity index is 996. The molecule has 0 bridgehead atoms. The van der Waals surface area contributed by atoms with Crippen molar-refractivity contribution in [2.75, 3.05) is 19.6 Å². The molecule has 1 amide bonds. The van der Waals surface area contributed by atoms with Gasteiger partial charge in [-0.3, -0.25) is 4.79 Å². The molecule has 1 aliphatic heterocycles. The van der Waals surface area contributed by atoms with Gasteiger partial charge < -0.3 is 19.2 Å². The molecular weight excluding hydrogens is 376 g/mol. The van der Waals surface area contributed by atoms with Gasteiger partial charge in [0.1, 0.15) is 11.5 Å². The average Bonchev–Trinajstić information content (AvgIpc) is 3.18. The van der Waals surface area contributed by atoms with Gasteiger partial charge >= 0.3 is 0 Å². The first-order chi connectivity index (χ1) is 14.6. The zero-order valence-corrected chi connectivity index (χ0v) is 18.1. The van der Waals surface area contributed by atoms with E-state index in [1.807, 2.05) is 36.5 Å². The fourth-order valence-electron chi connectivity index (χ4n) is 4.18. The molecule has 0 radical (unpaired) electrons. The van der Waals surface area contributed by atoms with Gasteiger partial charge in [0.15, 0.2) is 5.69 Å². The highest BCUT2D eigenvalue weighted by molar-refractivity contribution is 5.94. The van der Waals surface area contributed by atoms with Crippen molar-refractivity contribution in [3.8, 4) is 0 Å². The molecule has 4 rings (SSSR count). The Kier molecular flexibility index (Phi) is 6.47. The van der Waals surface area contributed by atoms with Crippen molar-refractivity contribution in [2.45, 2.75) is 59.0 Å². The lowest BCUT2D eigenvalue weighted by Crippen LogP contribution is -2.33. The van der Waals surface area contributed by atoms with Crippen LogP contribution < -0.4 is 5.32 Å². The highest BCUT2D eigenvalue weighted by atomic mass is 16.2. The second kappa shape index (κ2) is 9.43. The van der Waals surface area contributed by atoms with Crippen LogP contribution in [-0.4, -0.2) is 49.4 Å². The number of imidazole rings is 2. The summed E-state index contributed by atoms with van der Waals surface area (Å²) in [5.74, 6) is 1.11. The highest BCUT2D eigenvalue weighted by Gasteiger charge is 2.24. The lowest BCUT2D eigenvalue weighted by atomic mass is 10.2. The number of carbonyl (C=O) groups is 1. The molecule has 7 heteroatoms. The number of nitrogens with zero attached hydrogens (tertiary/aromatic N) is 5. The van der Waals surface area contributed by atoms with Gasteiger partial charge in [0, 0.05) is 44.8 Å². The minimum absolute atomic E-state index is 0.0732. The van der Waals surface area contributed by atoms with Crippen molar-refractivity contribution >= 4 is 11.6 Å². The minimum Gasteiger partial charge on any atom is -0.337 e. The molecule has 7 nitrogen and oxygen atoms in total. The Morgan fingerprint density at radius 3 is 2.67 bits per heavy atom. The van der Waals surface area contributed by atoms with Crippen LogP contribution in [0.4, 0.5) is 0 Å². The van der Waals surface area contributed by atoms with Crippen molar-refractivity contribution in [1.29, 1.82) is 0 Å². The fourth-order valence-corrected chi connectivity index (χ4v) is 4.18. The maximum Gasteiger partial charge on any atom is 0.274 e. The Balaban J connectivity index is 1.48. The Labute approximate surface area is 178 Å². The quantitative estimate of drug-likeness (QED) is 0.609. The maximum atomic E-state index is 13.3. The molecule has 4 heterocycles. The van der Waals surface area contributed by atoms with Crippen LogP contribution in [0.3, 0.4) is 0 Å². The minimum atomic E-state index is 0.0732. The van der Waals surface area contributed by atoms with Gasteiger partial charge in [0.2, 0.25) is 0 Å². The summed E-state index contributed by atoms with van der Waals surface area (Å²) in [6.45, 7) is 8.18. The number of aromatic nitrogens is 4. The average molecular weight is 409 g/mol. The molecule has 0 atom stereocenters. The van der Waals surface area contributed by atoms with Gasteiger partial charge in [-0.1, -0.05) is 12.8 Å². The first kappa shape index (κ1) is 20.6. The van der Waals surface area contributed by atoms with Crippen molar-refractivity contribution in [1.82, 2.24) is 29.2 Å². The van der Waals surface area contributed by atoms with Crippen molar-refractivity contribution in [3.05, 3.63) is 53.5 Å². The summed E-state index contributed by atoms with van der Waals surface area (Å²) < 4.78 is 4.22. The summed E-state index contributed by atoms with van der Waals surface area (Å²) in [4.78, 5) is 24.3. The van der Waals surface area contributed by atoms with Crippen LogP contribution in [-0.2, 0) is 13.1 Å². The van der Waals surface area contributed by atoms with E-state index in [-0.39, 0.29) is 5.91 Å². The van der Waals surface area contributed by atoms with Gasteiger partial charge in [0.05, 0.1) is 5.69 Å². The molecular formula is C23H32N6O. The summed E-state index contributed by atoms with van der Waals surface area (Å²) in [6, 6.07) is 4.12. The lowest BCUT2D eigenvalue weighted by molar-refractivity contribution is 0.0755. The second-order valence-electron chi connectivity index (χ2n) is 8.24. The third kappa shape index (κ3) is 4.56. The third-order valence-corrected chi connectivity index (χ3v) is 5.95. The number of amides is 1. The summed E-state index contributed by atoms with van der Waals surface area (Å²) in [7, 11) is 0. The van der Waals surface area contributed by atoms with Gasteiger partial charge in [-0.05, 0) is 57.4 Å². The molecule has 1 fully saturated rings. The van der Waals surface area contributed by atoms with Crippen molar-refractivity contribution < 1.29 is 4.79 Å². The van der Waals surface area contributed by atoms with Crippen LogP contribution in [0.2, 0.25) is 0 Å². The molecule has 0 unspecified atom stereocenters. The van der Waals surface area contributed by atoms with E-state index in [4.69, 9.17) is 4.98 Å². The predicted octanol–water partition coefficient (Wildman–Crippen LogP) is 3.34. The third-order valence-electron chi connectivity index (χ3n) is 5.95. The number of hydrogen-bond donors (Lipinski definition) is 1. The van der Waals surface area contributed by atoms with E-state index in [2.05, 4.69) is 32.3 Å². The Morgan fingerprint density at radius 1 is 1.13 bits per heavy atom. The molecule has 1 N–H and O–H groups in total. The number of carbonyl (C=O) groups excluding carboxylic acids is 1. The number of aryl methyl sites for hydroxylation is 3. The number of rotatable bonds is 7. The highest BCUT2D eigenvalue weighted by Crippen LogP contribution is 2.19. The number of pyridine rings is 1. The Hall–Kier alpha value is -2.67. The van der Waals surface area contributed by atoms with Crippen LogP contribution in [0.25, 0.3) is 5.65 Å². The zero-order chi connectivity index (χ0) is 20.9. The van der Waals surface area contributed by atoms with Gasteiger partial charge in [-0.15, -0.1) is 0 Å². The molecule has 1 saturated heterocycles. The molecule has 1 aliphatic rings. The van der Waals surface area contributed by atoms with Crippen LogP contribution in [0.1, 0.15) is 59.7 Å². The molecule has 3 aromatic heterocycles. The van der Waals surface area contributed by atoms with Crippen molar-refractivity contribution in [3.63, 3.8) is 0 Å². The zero-order valence-electron chi connectivity index (χ0n) is 18.1. The smallest absolute Gasteiger partial charge is 0.274 e. The summed E-state index contributed by atoms with van der Waals surface area (Å²) in [6.07, 6.45) is 11.5. The largest absolute Gasteiger partial charge is 0.337 e. The number of nitrogens with one attached hydrogen (secondary N) is 1. The maximum absolute atomic E-state index is 13.3. The van der Waals surface area contributed by atoms with Gasteiger partial charge in [-0.2, -0.15) is 0 Å². The Morgan fingerprint density at radius 2 is 1.93 bits per heavy atom. The molecule has 0 saturated carbocycles. The van der Waals surface area contributed by atoms with E-state index >= 15 is 0 Å². The van der Waals surface area contributed by atoms with E-state index in [1.165, 1.54) is 12.8 Å². The first-order valence-electron chi connectivity index (χ1n) is 11.1. The topological polar surface area (TPSA) is 67.5 Å². The van der Waals surface area contributed by atoms with E-state index in [0.717, 1.165) is 68.2 Å². The molecule has 0 aliphatic carbocycles. The summed E-state index contributed by atoms with van der Waals surface area (Å²) >= 11 is 0. The normalized spacial score (nSPS) is 14.9. The number of fused-ring (bicyclic) bond motifs is 1. The van der Waals surface area contributed by atoms with Gasteiger partial charge in [0.25, 0.3) is 5.91 Å². The predicted molar refractivity (Wildman–Crippen MR) is 118 cm³/mol. The number of likely N-dealkylation sites (tertiary alicyclic amines) is 1. The standard InChI is InChI=1S/C23H32N6O/c1-18-8-14-29-20(17-24-9-7-13-27-15-10-25-19(27)2)22(26-21(29)16-18)23(30)28-11-5-3-4-6-12-28/h8,10,14-16,24H,3-7,9,11-13,17H2,1-2H3. The van der Waals surface area contributed by atoms with Crippen LogP contribution in [0, 0.1) is 13.8 Å². The van der Waals surface area contributed by atoms with Crippen LogP contribution >= 0.6 is 0 Å².